The Kier molecular flexibility index (Phi) is 4.31. The predicted molar refractivity (Wildman–Crippen MR) is 83.0 cm³/mol. The highest BCUT2D eigenvalue weighted by Gasteiger charge is 2.31. The van der Waals surface area contributed by atoms with Crippen molar-refractivity contribution in [2.45, 2.75) is 18.9 Å². The van der Waals surface area contributed by atoms with E-state index in [1.54, 1.807) is 0 Å². The summed E-state index contributed by atoms with van der Waals surface area (Å²) >= 11 is 0. The molecule has 2 heterocycles. The third kappa shape index (κ3) is 3.47. The van der Waals surface area contributed by atoms with Crippen molar-refractivity contribution >= 4 is 5.91 Å². The van der Waals surface area contributed by atoms with E-state index in [4.69, 9.17) is 0 Å². The standard InChI is InChI=1S/C16H26N4O/c1-18-8-10-20(11-9-18)15(14-4-3-7-19(14)2)12-17-16(21)13-5-6-13/h3-4,7,13,15H,5-6,8-12H2,1-2H3,(H,17,21). The molecule has 1 saturated heterocycles. The van der Waals surface area contributed by atoms with Crippen LogP contribution in [-0.2, 0) is 11.8 Å². The van der Waals surface area contributed by atoms with Gasteiger partial charge in [0.15, 0.2) is 0 Å². The van der Waals surface area contributed by atoms with Crippen LogP contribution in [0.5, 0.6) is 0 Å². The van der Waals surface area contributed by atoms with Crippen molar-refractivity contribution in [3.05, 3.63) is 24.0 Å². The Bertz CT molecular complexity index is 486. The molecular formula is C16H26N4O. The Hall–Kier alpha value is -1.33. The van der Waals surface area contributed by atoms with Crippen LogP contribution in [-0.4, -0.2) is 60.0 Å². The van der Waals surface area contributed by atoms with E-state index in [1.165, 1.54) is 5.69 Å². The van der Waals surface area contributed by atoms with Crippen LogP contribution in [0.1, 0.15) is 24.6 Å². The Morgan fingerprint density at radius 1 is 1.29 bits per heavy atom. The lowest BCUT2D eigenvalue weighted by molar-refractivity contribution is -0.122. The first-order valence-corrected chi connectivity index (χ1v) is 7.96. The van der Waals surface area contributed by atoms with Crippen LogP contribution in [0.25, 0.3) is 0 Å². The molecule has 1 aliphatic carbocycles. The van der Waals surface area contributed by atoms with Gasteiger partial charge in [-0.05, 0) is 32.0 Å². The van der Waals surface area contributed by atoms with Crippen LogP contribution in [0.15, 0.2) is 18.3 Å². The van der Waals surface area contributed by atoms with Crippen molar-refractivity contribution in [3.8, 4) is 0 Å². The molecule has 5 heteroatoms. The maximum Gasteiger partial charge on any atom is 0.223 e. The number of piperazine rings is 1. The molecule has 0 bridgehead atoms. The third-order valence-electron chi connectivity index (χ3n) is 4.72. The number of likely N-dealkylation sites (N-methyl/N-ethyl adjacent to an activating group) is 1. The minimum absolute atomic E-state index is 0.239. The number of amides is 1. The molecule has 21 heavy (non-hydrogen) atoms. The number of nitrogens with one attached hydrogen (secondary N) is 1. The SMILES string of the molecule is CN1CCN(C(CNC(=O)C2CC2)c2cccn2C)CC1. The van der Waals surface area contributed by atoms with E-state index in [9.17, 15) is 4.79 Å². The van der Waals surface area contributed by atoms with E-state index in [2.05, 4.69) is 52.1 Å². The fourth-order valence-electron chi connectivity index (χ4n) is 3.06. The molecule has 0 spiro atoms. The summed E-state index contributed by atoms with van der Waals surface area (Å²) in [4.78, 5) is 16.8. The maximum atomic E-state index is 12.0. The van der Waals surface area contributed by atoms with Crippen LogP contribution in [0, 0.1) is 5.92 Å². The first-order chi connectivity index (χ1) is 10.1. The van der Waals surface area contributed by atoms with Gasteiger partial charge in [-0.2, -0.15) is 0 Å². The molecule has 5 nitrogen and oxygen atoms in total. The minimum Gasteiger partial charge on any atom is -0.354 e. The predicted octanol–water partition coefficient (Wildman–Crippen LogP) is 0.840. The number of aryl methyl sites for hydroxylation is 1. The molecule has 1 unspecified atom stereocenters. The normalized spacial score (nSPS) is 22.2. The second-order valence-corrected chi connectivity index (χ2v) is 6.42. The van der Waals surface area contributed by atoms with E-state index < -0.39 is 0 Å². The molecule has 3 rings (SSSR count). The topological polar surface area (TPSA) is 40.5 Å². The molecule has 1 saturated carbocycles. The summed E-state index contributed by atoms with van der Waals surface area (Å²) < 4.78 is 2.17. The molecule has 1 N–H and O–H groups in total. The number of aromatic nitrogens is 1. The number of hydrogen-bond acceptors (Lipinski definition) is 3. The van der Waals surface area contributed by atoms with Crippen LogP contribution in [0.2, 0.25) is 0 Å². The van der Waals surface area contributed by atoms with Crippen molar-refractivity contribution < 1.29 is 4.79 Å². The van der Waals surface area contributed by atoms with Gasteiger partial charge >= 0.3 is 0 Å². The Morgan fingerprint density at radius 3 is 2.57 bits per heavy atom. The number of nitrogens with zero attached hydrogens (tertiary/aromatic N) is 3. The summed E-state index contributed by atoms with van der Waals surface area (Å²) in [7, 11) is 4.25. The minimum atomic E-state index is 0.239. The number of hydrogen-bond donors (Lipinski definition) is 1. The van der Waals surface area contributed by atoms with Crippen molar-refractivity contribution in [1.82, 2.24) is 19.7 Å². The van der Waals surface area contributed by atoms with Gasteiger partial charge in [0.1, 0.15) is 0 Å². The van der Waals surface area contributed by atoms with Gasteiger partial charge in [-0.1, -0.05) is 0 Å². The van der Waals surface area contributed by atoms with Gasteiger partial charge in [0.2, 0.25) is 5.91 Å². The molecular weight excluding hydrogens is 264 g/mol. The van der Waals surface area contributed by atoms with Gasteiger partial charge in [0.25, 0.3) is 0 Å². The molecule has 116 valence electrons. The van der Waals surface area contributed by atoms with Crippen LogP contribution in [0.4, 0.5) is 0 Å². The average Bonchev–Trinajstić information content (AvgIpc) is 3.25. The monoisotopic (exact) mass is 290 g/mol. The zero-order valence-electron chi connectivity index (χ0n) is 13.1. The average molecular weight is 290 g/mol. The fraction of sp³-hybridized carbons (Fsp3) is 0.688. The lowest BCUT2D eigenvalue weighted by atomic mass is 10.1. The first kappa shape index (κ1) is 14.6. The summed E-state index contributed by atoms with van der Waals surface area (Å²) in [6.07, 6.45) is 4.21. The molecule has 1 atom stereocenters. The molecule has 0 aromatic carbocycles. The number of carbonyl (C=O) groups is 1. The summed E-state index contributed by atoms with van der Waals surface area (Å²) in [6.45, 7) is 5.03. The summed E-state index contributed by atoms with van der Waals surface area (Å²) in [5.41, 5.74) is 1.29. The van der Waals surface area contributed by atoms with Gasteiger partial charge in [0.05, 0.1) is 6.04 Å². The highest BCUT2D eigenvalue weighted by atomic mass is 16.2. The molecule has 1 aromatic heterocycles. The van der Waals surface area contributed by atoms with Gasteiger partial charge in [-0.25, -0.2) is 0 Å². The van der Waals surface area contributed by atoms with E-state index in [0.717, 1.165) is 45.6 Å². The molecule has 0 radical (unpaired) electrons. The quantitative estimate of drug-likeness (QED) is 0.873. The van der Waals surface area contributed by atoms with Crippen molar-refractivity contribution in [3.63, 3.8) is 0 Å². The molecule has 2 fully saturated rings. The number of carbonyl (C=O) groups excluding carboxylic acids is 1. The summed E-state index contributed by atoms with van der Waals surface area (Å²) in [6, 6.07) is 4.54. The van der Waals surface area contributed by atoms with Crippen LogP contribution < -0.4 is 5.32 Å². The molecule has 1 aromatic rings. The lowest BCUT2D eigenvalue weighted by Crippen LogP contribution is -2.49. The van der Waals surface area contributed by atoms with E-state index in [0.29, 0.717) is 0 Å². The maximum absolute atomic E-state index is 12.0. The van der Waals surface area contributed by atoms with Crippen LogP contribution >= 0.6 is 0 Å². The zero-order chi connectivity index (χ0) is 14.8. The third-order valence-corrected chi connectivity index (χ3v) is 4.72. The highest BCUT2D eigenvalue weighted by molar-refractivity contribution is 5.80. The number of rotatable bonds is 5. The second-order valence-electron chi connectivity index (χ2n) is 6.42. The fourth-order valence-corrected chi connectivity index (χ4v) is 3.06. The molecule has 1 amide bonds. The Labute approximate surface area is 126 Å². The second kappa shape index (κ2) is 6.20. The van der Waals surface area contributed by atoms with Gasteiger partial charge in [0, 0.05) is 57.6 Å². The van der Waals surface area contributed by atoms with Gasteiger partial charge in [-0.3, -0.25) is 9.69 Å². The Morgan fingerprint density at radius 2 is 2.00 bits per heavy atom. The van der Waals surface area contributed by atoms with Gasteiger partial charge in [-0.15, -0.1) is 0 Å². The van der Waals surface area contributed by atoms with Crippen molar-refractivity contribution in [1.29, 1.82) is 0 Å². The Balaban J connectivity index is 1.68. The smallest absolute Gasteiger partial charge is 0.223 e. The van der Waals surface area contributed by atoms with E-state index >= 15 is 0 Å². The van der Waals surface area contributed by atoms with Crippen molar-refractivity contribution in [2.75, 3.05) is 39.8 Å². The summed E-state index contributed by atoms with van der Waals surface area (Å²) in [5, 5.41) is 3.16. The van der Waals surface area contributed by atoms with E-state index in [-0.39, 0.29) is 17.9 Å². The first-order valence-electron chi connectivity index (χ1n) is 7.96. The van der Waals surface area contributed by atoms with Crippen LogP contribution in [0.3, 0.4) is 0 Å². The van der Waals surface area contributed by atoms with Crippen molar-refractivity contribution in [2.24, 2.45) is 13.0 Å². The van der Waals surface area contributed by atoms with Gasteiger partial charge < -0.3 is 14.8 Å². The lowest BCUT2D eigenvalue weighted by Gasteiger charge is -2.38. The highest BCUT2D eigenvalue weighted by Crippen LogP contribution is 2.29. The summed E-state index contributed by atoms with van der Waals surface area (Å²) in [5.74, 6) is 0.523. The largest absolute Gasteiger partial charge is 0.354 e. The zero-order valence-corrected chi connectivity index (χ0v) is 13.1. The van der Waals surface area contributed by atoms with E-state index in [1.807, 2.05) is 0 Å². The molecule has 2 aliphatic rings. The molecule has 1 aliphatic heterocycles.